The molecule has 2 aliphatic carbocycles. The summed E-state index contributed by atoms with van der Waals surface area (Å²) in [5.41, 5.74) is 0.417. The first-order chi connectivity index (χ1) is 8.08. The first kappa shape index (κ1) is 10.8. The summed E-state index contributed by atoms with van der Waals surface area (Å²) in [4.78, 5) is 0. The maximum atomic E-state index is 6.35. The molecule has 4 rings (SSSR count). The fraction of sp³-hybridized carbons (Fsp3) is 1.00. The van der Waals surface area contributed by atoms with Gasteiger partial charge < -0.3 is 9.47 Å². The van der Waals surface area contributed by atoms with E-state index in [0.29, 0.717) is 12.0 Å². The van der Waals surface area contributed by atoms with Gasteiger partial charge in [0.15, 0.2) is 0 Å². The highest BCUT2D eigenvalue weighted by Crippen LogP contribution is 2.66. The lowest BCUT2D eigenvalue weighted by Gasteiger charge is -2.23. The first-order valence-corrected chi connectivity index (χ1v) is 7.40. The molecule has 0 aromatic rings. The Morgan fingerprint density at radius 1 is 1.00 bits per heavy atom. The van der Waals surface area contributed by atoms with Crippen molar-refractivity contribution in [3.05, 3.63) is 0 Å². The van der Waals surface area contributed by atoms with Gasteiger partial charge in [-0.05, 0) is 50.4 Å². The van der Waals surface area contributed by atoms with Crippen molar-refractivity contribution in [1.82, 2.24) is 0 Å². The predicted octanol–water partition coefficient (Wildman–Crippen LogP) is 3.01. The molecule has 2 heteroatoms. The van der Waals surface area contributed by atoms with Gasteiger partial charge in [0.2, 0.25) is 0 Å². The lowest BCUT2D eigenvalue weighted by Crippen LogP contribution is -2.34. The van der Waals surface area contributed by atoms with E-state index >= 15 is 0 Å². The van der Waals surface area contributed by atoms with Gasteiger partial charge in [0, 0.05) is 5.92 Å². The molecule has 17 heavy (non-hydrogen) atoms. The smallest absolute Gasteiger partial charge is 0.101 e. The minimum absolute atomic E-state index is 0.158. The monoisotopic (exact) mass is 236 g/mol. The molecule has 0 N–H and O–H groups in total. The van der Waals surface area contributed by atoms with Crippen molar-refractivity contribution in [2.75, 3.05) is 6.61 Å². The second-order valence-electron chi connectivity index (χ2n) is 7.24. The molecular weight excluding hydrogens is 212 g/mol. The standard InChI is InChI=1S/C15H24O2/c1-9-4-6-12(14(3)8-16-14)13-15(17-13)10(2)5-7-11(9)15/h9-13H,4-8H2,1-3H3/t9-,10-,11-,12-,13+,14+,15-/m1/s1. The van der Waals surface area contributed by atoms with Crippen LogP contribution in [0.2, 0.25) is 0 Å². The molecule has 2 heterocycles. The van der Waals surface area contributed by atoms with Crippen LogP contribution >= 0.6 is 0 Å². The molecule has 2 saturated carbocycles. The van der Waals surface area contributed by atoms with Gasteiger partial charge in [0.05, 0.1) is 18.3 Å². The van der Waals surface area contributed by atoms with Gasteiger partial charge in [-0.25, -0.2) is 0 Å². The zero-order valence-electron chi connectivity index (χ0n) is 11.2. The second kappa shape index (κ2) is 3.08. The Hall–Kier alpha value is -0.0800. The van der Waals surface area contributed by atoms with E-state index in [9.17, 15) is 0 Å². The molecule has 0 radical (unpaired) electrons. The zero-order chi connectivity index (χ0) is 11.8. The molecule has 2 saturated heterocycles. The van der Waals surface area contributed by atoms with Gasteiger partial charge in [-0.2, -0.15) is 0 Å². The largest absolute Gasteiger partial charge is 0.369 e. The summed E-state index contributed by atoms with van der Waals surface area (Å²) < 4.78 is 12.1. The minimum Gasteiger partial charge on any atom is -0.369 e. The molecule has 2 nitrogen and oxygen atoms in total. The fourth-order valence-electron chi connectivity index (χ4n) is 5.00. The lowest BCUT2D eigenvalue weighted by molar-refractivity contribution is 0.132. The summed E-state index contributed by atoms with van der Waals surface area (Å²) in [5.74, 6) is 3.10. The third kappa shape index (κ3) is 1.24. The van der Waals surface area contributed by atoms with Crippen LogP contribution in [-0.4, -0.2) is 23.9 Å². The normalized spacial score (nSPS) is 64.8. The van der Waals surface area contributed by atoms with Gasteiger partial charge in [0.25, 0.3) is 0 Å². The molecule has 2 aliphatic heterocycles. The molecule has 4 aliphatic rings. The van der Waals surface area contributed by atoms with Crippen LogP contribution in [0.1, 0.15) is 46.5 Å². The molecule has 96 valence electrons. The molecular formula is C15H24O2. The van der Waals surface area contributed by atoms with Crippen LogP contribution in [0, 0.1) is 23.7 Å². The summed E-state index contributed by atoms with van der Waals surface area (Å²) in [6.45, 7) is 8.10. The molecule has 0 amide bonds. The topological polar surface area (TPSA) is 25.1 Å². The van der Waals surface area contributed by atoms with Crippen molar-refractivity contribution >= 4 is 0 Å². The van der Waals surface area contributed by atoms with E-state index < -0.39 is 0 Å². The van der Waals surface area contributed by atoms with E-state index in [-0.39, 0.29) is 11.2 Å². The number of rotatable bonds is 1. The Morgan fingerprint density at radius 2 is 1.71 bits per heavy atom. The molecule has 0 unspecified atom stereocenters. The zero-order valence-corrected chi connectivity index (χ0v) is 11.2. The highest BCUT2D eigenvalue weighted by molar-refractivity contribution is 5.21. The third-order valence-electron chi connectivity index (χ3n) is 6.35. The molecule has 0 bridgehead atoms. The molecule has 4 fully saturated rings. The number of hydrogen-bond acceptors (Lipinski definition) is 2. The maximum Gasteiger partial charge on any atom is 0.101 e. The predicted molar refractivity (Wildman–Crippen MR) is 65.7 cm³/mol. The summed E-state index contributed by atoms with van der Waals surface area (Å²) in [6.07, 6.45) is 5.97. The quantitative estimate of drug-likeness (QED) is 0.654. The Morgan fingerprint density at radius 3 is 2.41 bits per heavy atom. The van der Waals surface area contributed by atoms with E-state index in [1.165, 1.54) is 25.7 Å². The van der Waals surface area contributed by atoms with Gasteiger partial charge in [-0.15, -0.1) is 0 Å². The second-order valence-corrected chi connectivity index (χ2v) is 7.24. The van der Waals surface area contributed by atoms with Crippen LogP contribution in [0.4, 0.5) is 0 Å². The van der Waals surface area contributed by atoms with Gasteiger partial charge in [0.1, 0.15) is 5.60 Å². The average molecular weight is 236 g/mol. The highest BCUT2D eigenvalue weighted by Gasteiger charge is 2.73. The maximum absolute atomic E-state index is 6.35. The number of hydrogen-bond donors (Lipinski definition) is 0. The highest BCUT2D eigenvalue weighted by atomic mass is 16.6. The van der Waals surface area contributed by atoms with E-state index in [4.69, 9.17) is 9.47 Å². The van der Waals surface area contributed by atoms with Crippen molar-refractivity contribution in [3.8, 4) is 0 Å². The Bertz CT molecular complexity index is 349. The average Bonchev–Trinajstić information content (AvgIpc) is 3.14. The van der Waals surface area contributed by atoms with Crippen LogP contribution in [0.5, 0.6) is 0 Å². The van der Waals surface area contributed by atoms with E-state index in [1.807, 2.05) is 0 Å². The van der Waals surface area contributed by atoms with Gasteiger partial charge in [-0.3, -0.25) is 0 Å². The van der Waals surface area contributed by atoms with Gasteiger partial charge >= 0.3 is 0 Å². The third-order valence-corrected chi connectivity index (χ3v) is 6.35. The van der Waals surface area contributed by atoms with Crippen LogP contribution in [-0.2, 0) is 9.47 Å². The number of ether oxygens (including phenoxy) is 2. The molecule has 0 aromatic carbocycles. The lowest BCUT2D eigenvalue weighted by atomic mass is 9.78. The van der Waals surface area contributed by atoms with E-state index in [2.05, 4.69) is 20.8 Å². The van der Waals surface area contributed by atoms with Gasteiger partial charge in [-0.1, -0.05) is 13.8 Å². The van der Waals surface area contributed by atoms with Crippen molar-refractivity contribution < 1.29 is 9.47 Å². The fourth-order valence-corrected chi connectivity index (χ4v) is 5.00. The molecule has 7 atom stereocenters. The van der Waals surface area contributed by atoms with Crippen molar-refractivity contribution in [1.29, 1.82) is 0 Å². The van der Waals surface area contributed by atoms with Crippen LogP contribution < -0.4 is 0 Å². The minimum atomic E-state index is 0.158. The SMILES string of the molecule is C[C@@H]1CC[C@@H]([C@]2(C)CO2)[C@@H]2O[C@@]23[C@H](C)CC[C@H]13. The van der Waals surface area contributed by atoms with E-state index in [1.54, 1.807) is 0 Å². The Labute approximate surface area is 104 Å². The summed E-state index contributed by atoms with van der Waals surface area (Å²) in [5, 5.41) is 0. The van der Waals surface area contributed by atoms with Crippen molar-refractivity contribution in [2.24, 2.45) is 23.7 Å². The summed E-state index contributed by atoms with van der Waals surface area (Å²) >= 11 is 0. The number of epoxide rings is 2. The van der Waals surface area contributed by atoms with E-state index in [0.717, 1.165) is 24.4 Å². The van der Waals surface area contributed by atoms with Crippen LogP contribution in [0.3, 0.4) is 0 Å². The van der Waals surface area contributed by atoms with Crippen LogP contribution in [0.15, 0.2) is 0 Å². The van der Waals surface area contributed by atoms with Crippen molar-refractivity contribution in [3.63, 3.8) is 0 Å². The van der Waals surface area contributed by atoms with Crippen LogP contribution in [0.25, 0.3) is 0 Å². The Balaban J connectivity index is 1.68. The summed E-state index contributed by atoms with van der Waals surface area (Å²) in [6, 6.07) is 0. The summed E-state index contributed by atoms with van der Waals surface area (Å²) in [7, 11) is 0. The Kier molecular flexibility index (Phi) is 1.96. The van der Waals surface area contributed by atoms with Crippen molar-refractivity contribution in [2.45, 2.75) is 63.8 Å². The first-order valence-electron chi connectivity index (χ1n) is 7.40. The molecule has 0 aromatic heterocycles. The molecule has 1 spiro atoms.